The molecule has 1 aliphatic carbocycles. The number of carbonyl (C=O) groups excluding carboxylic acids is 4. The fourth-order valence-corrected chi connectivity index (χ4v) is 4.35. The molecule has 29 heavy (non-hydrogen) atoms. The lowest BCUT2D eigenvalue weighted by atomic mass is 9.98. The molecule has 1 aliphatic heterocycles. The molecule has 0 unspecified atom stereocenters. The summed E-state index contributed by atoms with van der Waals surface area (Å²) in [4.78, 5) is 54.1. The first kappa shape index (κ1) is 19.2. The number of urea groups is 1. The number of ketones is 1. The van der Waals surface area contributed by atoms with Crippen LogP contribution >= 0.6 is 0 Å². The molecule has 0 radical (unpaired) electrons. The number of nitrogens with one attached hydrogen (secondary N) is 2. The van der Waals surface area contributed by atoms with Crippen molar-refractivity contribution in [3.63, 3.8) is 0 Å². The van der Waals surface area contributed by atoms with E-state index in [1.165, 1.54) is 6.92 Å². The molecule has 1 atom stereocenters. The molecule has 4 rings (SSSR count). The van der Waals surface area contributed by atoms with Crippen molar-refractivity contribution in [3.05, 3.63) is 35.5 Å². The van der Waals surface area contributed by atoms with E-state index in [4.69, 9.17) is 4.74 Å². The van der Waals surface area contributed by atoms with Crippen molar-refractivity contribution in [2.24, 2.45) is 0 Å². The molecule has 2 aliphatic rings. The zero-order valence-electron chi connectivity index (χ0n) is 16.4. The fourth-order valence-electron chi connectivity index (χ4n) is 4.35. The van der Waals surface area contributed by atoms with Crippen molar-refractivity contribution >= 4 is 34.6 Å². The van der Waals surface area contributed by atoms with Gasteiger partial charge in [-0.15, -0.1) is 0 Å². The number of aryl methyl sites for hydroxylation is 1. The monoisotopic (exact) mass is 397 g/mol. The minimum atomic E-state index is -1.04. The smallest absolute Gasteiger partial charge is 0.326 e. The first-order valence-corrected chi connectivity index (χ1v) is 9.77. The molecule has 152 valence electrons. The van der Waals surface area contributed by atoms with E-state index in [1.807, 2.05) is 24.3 Å². The molecular formula is C21H23N3O5. The van der Waals surface area contributed by atoms with Crippen LogP contribution in [0.15, 0.2) is 24.3 Å². The molecule has 2 heterocycles. The largest absolute Gasteiger partial charge is 0.453 e. The molecule has 3 amide bonds. The summed E-state index contributed by atoms with van der Waals surface area (Å²) in [7, 11) is 0. The van der Waals surface area contributed by atoms with E-state index in [0.29, 0.717) is 24.1 Å². The van der Waals surface area contributed by atoms with Crippen LogP contribution in [-0.2, 0) is 14.3 Å². The second-order valence-corrected chi connectivity index (χ2v) is 7.78. The molecule has 0 bridgehead atoms. The van der Waals surface area contributed by atoms with Gasteiger partial charge in [0, 0.05) is 22.2 Å². The highest BCUT2D eigenvalue weighted by molar-refractivity contribution is 6.12. The van der Waals surface area contributed by atoms with Crippen molar-refractivity contribution < 1.29 is 23.9 Å². The second-order valence-electron chi connectivity index (χ2n) is 7.78. The van der Waals surface area contributed by atoms with E-state index < -0.39 is 30.2 Å². The number of Topliss-reactive ketones (excluding diaryl/α,β-unsaturated/α-hetero) is 1. The van der Waals surface area contributed by atoms with Crippen LogP contribution in [0.1, 0.15) is 48.7 Å². The third-order valence-corrected chi connectivity index (χ3v) is 5.81. The van der Waals surface area contributed by atoms with Crippen molar-refractivity contribution in [2.45, 2.75) is 51.2 Å². The quantitative estimate of drug-likeness (QED) is 0.458. The topological polar surface area (TPSA) is 109 Å². The Morgan fingerprint density at radius 1 is 1.21 bits per heavy atom. The SMILES string of the molecule is Cc1[nH]c2ccccc2c1C(=O)[C@@H](C)OC(=O)CN1C(=O)NC2(CCCC2)C1=O. The normalized spacial score (nSPS) is 19.0. The summed E-state index contributed by atoms with van der Waals surface area (Å²) >= 11 is 0. The van der Waals surface area contributed by atoms with Gasteiger partial charge in [0.05, 0.1) is 0 Å². The summed E-state index contributed by atoms with van der Waals surface area (Å²) in [6.07, 6.45) is 1.84. The fraction of sp³-hybridized carbons (Fsp3) is 0.429. The van der Waals surface area contributed by atoms with Crippen LogP contribution in [0.5, 0.6) is 0 Å². The first-order valence-electron chi connectivity index (χ1n) is 9.77. The number of amides is 3. The van der Waals surface area contributed by atoms with Gasteiger partial charge in [0.25, 0.3) is 5.91 Å². The van der Waals surface area contributed by atoms with Gasteiger partial charge < -0.3 is 15.0 Å². The lowest BCUT2D eigenvalue weighted by molar-refractivity contribution is -0.149. The highest BCUT2D eigenvalue weighted by Gasteiger charge is 2.52. The Hall–Kier alpha value is -3.16. The number of carbonyl (C=O) groups is 4. The zero-order chi connectivity index (χ0) is 20.8. The molecule has 1 spiro atoms. The third-order valence-electron chi connectivity index (χ3n) is 5.81. The number of esters is 1. The lowest BCUT2D eigenvalue weighted by Gasteiger charge is -2.20. The second kappa shape index (κ2) is 7.02. The highest BCUT2D eigenvalue weighted by atomic mass is 16.5. The van der Waals surface area contributed by atoms with E-state index in [-0.39, 0.29) is 11.7 Å². The van der Waals surface area contributed by atoms with Crippen LogP contribution < -0.4 is 5.32 Å². The predicted molar refractivity (Wildman–Crippen MR) is 104 cm³/mol. The van der Waals surface area contributed by atoms with Gasteiger partial charge in [-0.25, -0.2) is 4.79 Å². The van der Waals surface area contributed by atoms with E-state index in [9.17, 15) is 19.2 Å². The van der Waals surface area contributed by atoms with E-state index in [1.54, 1.807) is 6.92 Å². The Labute approximate surface area is 167 Å². The van der Waals surface area contributed by atoms with Crippen molar-refractivity contribution in [1.29, 1.82) is 0 Å². The molecule has 1 saturated carbocycles. The van der Waals surface area contributed by atoms with E-state index in [2.05, 4.69) is 10.3 Å². The van der Waals surface area contributed by atoms with Crippen molar-refractivity contribution in [3.8, 4) is 0 Å². The average Bonchev–Trinajstić information content (AvgIpc) is 3.34. The molecule has 1 aromatic carbocycles. The van der Waals surface area contributed by atoms with Crippen molar-refractivity contribution in [2.75, 3.05) is 6.54 Å². The number of aromatic nitrogens is 1. The predicted octanol–water partition coefficient (Wildman–Crippen LogP) is 2.46. The van der Waals surface area contributed by atoms with Gasteiger partial charge in [-0.3, -0.25) is 19.3 Å². The zero-order valence-corrected chi connectivity index (χ0v) is 16.4. The minimum Gasteiger partial charge on any atom is -0.453 e. The third kappa shape index (κ3) is 3.18. The Balaban J connectivity index is 1.44. The number of imide groups is 1. The summed E-state index contributed by atoms with van der Waals surface area (Å²) in [6, 6.07) is 6.81. The molecule has 1 saturated heterocycles. The molecule has 1 aromatic heterocycles. The number of hydrogen-bond donors (Lipinski definition) is 2. The number of H-pyrrole nitrogens is 1. The minimum absolute atomic E-state index is 0.335. The number of benzene rings is 1. The van der Waals surface area contributed by atoms with Gasteiger partial charge in [-0.1, -0.05) is 31.0 Å². The van der Waals surface area contributed by atoms with Crippen LogP contribution in [0.4, 0.5) is 4.79 Å². The standard InChI is InChI=1S/C21H23N3O5/c1-12-17(14-7-3-4-8-15(14)22-12)18(26)13(2)29-16(25)11-24-19(27)21(23-20(24)28)9-5-6-10-21/h3-4,7-8,13,22H,5-6,9-11H2,1-2H3,(H,23,28)/t13-/m1/s1. The molecule has 2 fully saturated rings. The maximum Gasteiger partial charge on any atom is 0.326 e. The molecule has 2 aromatic rings. The molecule has 8 heteroatoms. The Bertz CT molecular complexity index is 1020. The summed E-state index contributed by atoms with van der Waals surface area (Å²) in [6.45, 7) is 2.78. The van der Waals surface area contributed by atoms with Gasteiger partial charge in [0.1, 0.15) is 12.1 Å². The number of para-hydroxylation sites is 1. The van der Waals surface area contributed by atoms with Gasteiger partial charge in [-0.2, -0.15) is 0 Å². The number of aromatic amines is 1. The Morgan fingerprint density at radius 3 is 2.62 bits per heavy atom. The average molecular weight is 397 g/mol. The highest BCUT2D eigenvalue weighted by Crippen LogP contribution is 2.35. The summed E-state index contributed by atoms with van der Waals surface area (Å²) in [5.41, 5.74) is 1.12. The number of hydrogen-bond acceptors (Lipinski definition) is 5. The molecular weight excluding hydrogens is 374 g/mol. The van der Waals surface area contributed by atoms with Crippen LogP contribution in [-0.4, -0.2) is 51.8 Å². The van der Waals surface area contributed by atoms with Crippen LogP contribution in [0.3, 0.4) is 0 Å². The van der Waals surface area contributed by atoms with Crippen LogP contribution in [0.25, 0.3) is 10.9 Å². The maximum absolute atomic E-state index is 12.9. The molecule has 8 nitrogen and oxygen atoms in total. The Morgan fingerprint density at radius 2 is 1.90 bits per heavy atom. The van der Waals surface area contributed by atoms with Crippen LogP contribution in [0.2, 0.25) is 0 Å². The van der Waals surface area contributed by atoms with Crippen molar-refractivity contribution in [1.82, 2.24) is 15.2 Å². The number of fused-ring (bicyclic) bond motifs is 1. The number of rotatable bonds is 5. The Kier molecular flexibility index (Phi) is 4.64. The summed E-state index contributed by atoms with van der Waals surface area (Å²) < 4.78 is 5.27. The van der Waals surface area contributed by atoms with E-state index in [0.717, 1.165) is 28.6 Å². The van der Waals surface area contributed by atoms with Gasteiger partial charge in [-0.05, 0) is 32.8 Å². The van der Waals surface area contributed by atoms with Gasteiger partial charge in [0.15, 0.2) is 6.10 Å². The van der Waals surface area contributed by atoms with Gasteiger partial charge >= 0.3 is 12.0 Å². The van der Waals surface area contributed by atoms with Gasteiger partial charge in [0.2, 0.25) is 5.78 Å². The number of ether oxygens (including phenoxy) is 1. The summed E-state index contributed by atoms with van der Waals surface area (Å²) in [5.74, 6) is -1.51. The lowest BCUT2D eigenvalue weighted by Crippen LogP contribution is -2.44. The molecule has 2 N–H and O–H groups in total. The summed E-state index contributed by atoms with van der Waals surface area (Å²) in [5, 5.41) is 3.48. The number of nitrogens with zero attached hydrogens (tertiary/aromatic N) is 1. The first-order chi connectivity index (χ1) is 13.8. The van der Waals surface area contributed by atoms with E-state index >= 15 is 0 Å². The maximum atomic E-state index is 12.9. The van der Waals surface area contributed by atoms with Crippen LogP contribution in [0, 0.1) is 6.92 Å².